The largest absolute Gasteiger partial charge is 0.469 e. The summed E-state index contributed by atoms with van der Waals surface area (Å²) in [7, 11) is 1.39. The molecule has 0 aromatic rings. The van der Waals surface area contributed by atoms with E-state index in [1.165, 1.54) is 39.2 Å². The summed E-state index contributed by atoms with van der Waals surface area (Å²) >= 11 is 0. The third-order valence-corrected chi connectivity index (χ3v) is 4.85. The van der Waals surface area contributed by atoms with Gasteiger partial charge in [0.2, 0.25) is 5.91 Å². The molecule has 0 aromatic carbocycles. The second-order valence-electron chi connectivity index (χ2n) is 6.81. The highest BCUT2D eigenvalue weighted by atomic mass is 16.5. The Morgan fingerprint density at radius 3 is 2.32 bits per heavy atom. The van der Waals surface area contributed by atoms with Gasteiger partial charge < -0.3 is 9.64 Å². The lowest BCUT2D eigenvalue weighted by Gasteiger charge is -2.34. The molecule has 0 saturated heterocycles. The monoisotopic (exact) mass is 311 g/mol. The molecule has 1 aliphatic carbocycles. The molecule has 0 aromatic heterocycles. The molecule has 1 fully saturated rings. The van der Waals surface area contributed by atoms with Gasteiger partial charge in [-0.3, -0.25) is 9.59 Å². The predicted octanol–water partition coefficient (Wildman–Crippen LogP) is 3.78. The average Bonchev–Trinajstić information content (AvgIpc) is 2.52. The van der Waals surface area contributed by atoms with Crippen LogP contribution >= 0.6 is 0 Å². The number of unbranched alkanes of at least 4 members (excludes halogenated alkanes) is 1. The van der Waals surface area contributed by atoms with Crippen LogP contribution in [0.25, 0.3) is 0 Å². The molecular formula is C18H33NO3. The summed E-state index contributed by atoms with van der Waals surface area (Å²) in [6.07, 6.45) is 8.54. The average molecular weight is 311 g/mol. The Morgan fingerprint density at radius 1 is 1.18 bits per heavy atom. The maximum atomic E-state index is 12.7. The number of hydrogen-bond acceptors (Lipinski definition) is 3. The molecule has 0 atom stereocenters. The lowest BCUT2D eigenvalue weighted by atomic mass is 9.79. The van der Waals surface area contributed by atoms with E-state index in [0.29, 0.717) is 6.54 Å². The first kappa shape index (κ1) is 19.0. The minimum Gasteiger partial charge on any atom is -0.469 e. The number of esters is 1. The highest BCUT2D eigenvalue weighted by Gasteiger charge is 2.30. The van der Waals surface area contributed by atoms with Gasteiger partial charge in [0.15, 0.2) is 0 Å². The van der Waals surface area contributed by atoms with E-state index < -0.39 is 0 Å². The van der Waals surface area contributed by atoms with E-state index in [-0.39, 0.29) is 30.3 Å². The number of nitrogens with zero attached hydrogens (tertiary/aromatic N) is 1. The van der Waals surface area contributed by atoms with Crippen LogP contribution in [0.1, 0.15) is 72.1 Å². The van der Waals surface area contributed by atoms with Crippen molar-refractivity contribution in [1.29, 1.82) is 0 Å². The van der Waals surface area contributed by atoms with Crippen LogP contribution in [0.3, 0.4) is 0 Å². The Labute approximate surface area is 135 Å². The van der Waals surface area contributed by atoms with Crippen LogP contribution in [-0.4, -0.2) is 36.5 Å². The summed E-state index contributed by atoms with van der Waals surface area (Å²) in [6, 6.07) is 0.134. The van der Waals surface area contributed by atoms with Crippen molar-refractivity contribution >= 4 is 11.9 Å². The highest BCUT2D eigenvalue weighted by Crippen LogP contribution is 2.33. The minimum absolute atomic E-state index is 0.134. The lowest BCUT2D eigenvalue weighted by molar-refractivity contribution is -0.143. The second kappa shape index (κ2) is 9.86. The smallest absolute Gasteiger partial charge is 0.307 e. The molecule has 4 heteroatoms. The van der Waals surface area contributed by atoms with E-state index in [1.807, 2.05) is 18.7 Å². The van der Waals surface area contributed by atoms with E-state index in [9.17, 15) is 9.59 Å². The molecule has 0 heterocycles. The molecule has 0 N–H and O–H groups in total. The van der Waals surface area contributed by atoms with Gasteiger partial charge in [-0.2, -0.15) is 0 Å². The van der Waals surface area contributed by atoms with Gasteiger partial charge in [0, 0.05) is 18.5 Å². The normalized spacial score (nSPS) is 21.7. The second-order valence-corrected chi connectivity index (χ2v) is 6.81. The van der Waals surface area contributed by atoms with Crippen molar-refractivity contribution in [2.75, 3.05) is 13.7 Å². The predicted molar refractivity (Wildman–Crippen MR) is 88.5 cm³/mol. The van der Waals surface area contributed by atoms with Crippen LogP contribution in [0, 0.1) is 11.8 Å². The molecule has 0 unspecified atom stereocenters. The van der Waals surface area contributed by atoms with E-state index >= 15 is 0 Å². The summed E-state index contributed by atoms with van der Waals surface area (Å²) in [6.45, 7) is 6.74. The van der Waals surface area contributed by atoms with Gasteiger partial charge in [0.25, 0.3) is 0 Å². The summed E-state index contributed by atoms with van der Waals surface area (Å²) in [5, 5.41) is 0. The quantitative estimate of drug-likeness (QED) is 0.641. The summed E-state index contributed by atoms with van der Waals surface area (Å²) < 4.78 is 4.68. The van der Waals surface area contributed by atoms with E-state index in [0.717, 1.165) is 18.8 Å². The van der Waals surface area contributed by atoms with Gasteiger partial charge in [0.1, 0.15) is 0 Å². The van der Waals surface area contributed by atoms with E-state index in [2.05, 4.69) is 11.7 Å². The fourth-order valence-electron chi connectivity index (χ4n) is 3.36. The van der Waals surface area contributed by atoms with Gasteiger partial charge in [0.05, 0.1) is 13.5 Å². The molecule has 0 aliphatic heterocycles. The number of carbonyl (C=O) groups is 2. The first-order chi connectivity index (χ1) is 10.5. The number of rotatable bonds is 8. The van der Waals surface area contributed by atoms with Gasteiger partial charge in [-0.1, -0.05) is 26.2 Å². The molecule has 0 spiro atoms. The van der Waals surface area contributed by atoms with Gasteiger partial charge in [-0.15, -0.1) is 0 Å². The third kappa shape index (κ3) is 5.98. The third-order valence-electron chi connectivity index (χ3n) is 4.85. The van der Waals surface area contributed by atoms with E-state index in [4.69, 9.17) is 0 Å². The van der Waals surface area contributed by atoms with Crippen molar-refractivity contribution in [1.82, 2.24) is 4.90 Å². The van der Waals surface area contributed by atoms with Crippen LogP contribution in [0.2, 0.25) is 0 Å². The Kier molecular flexibility index (Phi) is 8.51. The zero-order valence-electron chi connectivity index (χ0n) is 14.8. The topological polar surface area (TPSA) is 46.6 Å². The number of amides is 1. The van der Waals surface area contributed by atoms with Crippen molar-refractivity contribution < 1.29 is 14.3 Å². The molecule has 1 aliphatic rings. The molecular weight excluding hydrogens is 278 g/mol. The summed E-state index contributed by atoms with van der Waals surface area (Å²) in [4.78, 5) is 25.9. The molecule has 0 radical (unpaired) electrons. The molecule has 1 rings (SSSR count). The van der Waals surface area contributed by atoms with Gasteiger partial charge in [-0.05, 0) is 45.4 Å². The molecule has 4 nitrogen and oxygen atoms in total. The molecule has 22 heavy (non-hydrogen) atoms. The minimum atomic E-state index is -0.248. The number of carbonyl (C=O) groups excluding carboxylic acids is 2. The zero-order chi connectivity index (χ0) is 16.5. The molecule has 1 amide bonds. The Morgan fingerprint density at radius 2 is 1.82 bits per heavy atom. The number of hydrogen-bond donors (Lipinski definition) is 0. The number of methoxy groups -OCH3 is 1. The maximum Gasteiger partial charge on any atom is 0.307 e. The van der Waals surface area contributed by atoms with Crippen LogP contribution in [0.4, 0.5) is 0 Å². The fraction of sp³-hybridized carbons (Fsp3) is 0.889. The van der Waals surface area contributed by atoms with Gasteiger partial charge >= 0.3 is 5.97 Å². The maximum absolute atomic E-state index is 12.7. The lowest BCUT2D eigenvalue weighted by Crippen LogP contribution is -2.43. The Hall–Kier alpha value is -1.06. The molecule has 128 valence electrons. The molecule has 0 bridgehead atoms. The Bertz CT molecular complexity index is 346. The fourth-order valence-corrected chi connectivity index (χ4v) is 3.36. The molecule has 1 saturated carbocycles. The van der Waals surface area contributed by atoms with Crippen molar-refractivity contribution in [2.45, 2.75) is 78.2 Å². The van der Waals surface area contributed by atoms with E-state index in [1.54, 1.807) is 0 Å². The van der Waals surface area contributed by atoms with Crippen LogP contribution < -0.4 is 0 Å². The number of ether oxygens (including phenoxy) is 1. The van der Waals surface area contributed by atoms with Crippen LogP contribution in [-0.2, 0) is 14.3 Å². The first-order valence-electron chi connectivity index (χ1n) is 8.86. The van der Waals surface area contributed by atoms with Crippen molar-refractivity contribution in [3.05, 3.63) is 0 Å². The van der Waals surface area contributed by atoms with Crippen molar-refractivity contribution in [3.8, 4) is 0 Å². The highest BCUT2D eigenvalue weighted by molar-refractivity contribution is 5.80. The van der Waals surface area contributed by atoms with Crippen molar-refractivity contribution in [3.63, 3.8) is 0 Å². The van der Waals surface area contributed by atoms with Crippen LogP contribution in [0.15, 0.2) is 0 Å². The van der Waals surface area contributed by atoms with Gasteiger partial charge in [-0.25, -0.2) is 0 Å². The van der Waals surface area contributed by atoms with Crippen molar-refractivity contribution in [2.24, 2.45) is 11.8 Å². The SMILES string of the molecule is CCCCC1CCC(C(=O)N(CCC(=O)OC)C(C)C)CC1. The zero-order valence-corrected chi connectivity index (χ0v) is 14.8. The van der Waals surface area contributed by atoms with Crippen LogP contribution in [0.5, 0.6) is 0 Å². The summed E-state index contributed by atoms with van der Waals surface area (Å²) in [5.74, 6) is 0.944. The summed E-state index contributed by atoms with van der Waals surface area (Å²) in [5.41, 5.74) is 0. The Balaban J connectivity index is 2.48. The first-order valence-corrected chi connectivity index (χ1v) is 8.86. The standard InChI is InChI=1S/C18H33NO3/c1-5-6-7-15-8-10-16(11-9-15)18(21)19(14(2)3)13-12-17(20)22-4/h14-16H,5-13H2,1-4H3.